The molecule has 2 aliphatic heterocycles. The molecule has 6 heteroatoms. The van der Waals surface area contributed by atoms with Crippen molar-refractivity contribution in [3.8, 4) is 0 Å². The van der Waals surface area contributed by atoms with Crippen molar-refractivity contribution in [2.24, 2.45) is 0 Å². The fourth-order valence-electron chi connectivity index (χ4n) is 2.94. The Morgan fingerprint density at radius 3 is 2.30 bits per heavy atom. The Hall–Kier alpha value is -1.30. The van der Waals surface area contributed by atoms with Crippen LogP contribution in [-0.4, -0.2) is 58.4 Å². The van der Waals surface area contributed by atoms with Gasteiger partial charge in [-0.05, 0) is 41.5 Å². The first kappa shape index (κ1) is 15.1. The molecule has 2 unspecified atom stereocenters. The zero-order valence-corrected chi connectivity index (χ0v) is 13.3. The van der Waals surface area contributed by atoms with Crippen LogP contribution < -0.4 is 0 Å². The lowest BCUT2D eigenvalue weighted by molar-refractivity contribution is -0.208. The lowest BCUT2D eigenvalue weighted by Gasteiger charge is -2.54. The van der Waals surface area contributed by atoms with Crippen LogP contribution in [-0.2, 0) is 14.3 Å². The maximum atomic E-state index is 12.4. The monoisotopic (exact) mass is 284 g/mol. The van der Waals surface area contributed by atoms with Gasteiger partial charge in [-0.25, -0.2) is 4.79 Å². The van der Waals surface area contributed by atoms with Gasteiger partial charge in [-0.3, -0.25) is 9.69 Å². The van der Waals surface area contributed by atoms with Crippen LogP contribution in [0, 0.1) is 0 Å². The highest BCUT2D eigenvalue weighted by Crippen LogP contribution is 2.46. The van der Waals surface area contributed by atoms with Crippen LogP contribution in [0.2, 0.25) is 0 Å². The van der Waals surface area contributed by atoms with Gasteiger partial charge < -0.3 is 14.4 Å². The van der Waals surface area contributed by atoms with E-state index in [1.807, 2.05) is 34.6 Å². The third-order valence-electron chi connectivity index (χ3n) is 3.94. The Morgan fingerprint density at radius 2 is 1.85 bits per heavy atom. The molecule has 20 heavy (non-hydrogen) atoms. The molecule has 2 fully saturated rings. The quantitative estimate of drug-likeness (QED) is 0.686. The molecule has 0 spiro atoms. The van der Waals surface area contributed by atoms with E-state index in [1.54, 1.807) is 16.7 Å². The SMILES string of the molecule is COC1(C)C(=O)N2C1N(C(=O)OC(C)(C)C)CC2(C)C. The summed E-state index contributed by atoms with van der Waals surface area (Å²) >= 11 is 0. The second kappa shape index (κ2) is 4.10. The van der Waals surface area contributed by atoms with E-state index in [0.717, 1.165) is 0 Å². The maximum absolute atomic E-state index is 12.4. The third kappa shape index (κ3) is 1.97. The van der Waals surface area contributed by atoms with Crippen LogP contribution in [0.4, 0.5) is 4.79 Å². The molecule has 0 aromatic heterocycles. The van der Waals surface area contributed by atoms with Gasteiger partial charge in [0.15, 0.2) is 5.60 Å². The highest BCUT2D eigenvalue weighted by atomic mass is 16.6. The molecule has 2 aliphatic rings. The van der Waals surface area contributed by atoms with E-state index in [-0.39, 0.29) is 5.91 Å². The number of β-lactam (4-membered cyclic amide) rings is 1. The minimum atomic E-state index is -0.981. The topological polar surface area (TPSA) is 59.1 Å². The van der Waals surface area contributed by atoms with Gasteiger partial charge in [0.1, 0.15) is 11.8 Å². The molecule has 2 rings (SSSR count). The largest absolute Gasteiger partial charge is 0.444 e. The molecule has 0 aromatic rings. The van der Waals surface area contributed by atoms with Crippen LogP contribution in [0.15, 0.2) is 0 Å². The van der Waals surface area contributed by atoms with Crippen LogP contribution in [0.5, 0.6) is 0 Å². The van der Waals surface area contributed by atoms with Gasteiger partial charge in [-0.2, -0.15) is 0 Å². The van der Waals surface area contributed by atoms with Crippen molar-refractivity contribution in [2.45, 2.75) is 64.4 Å². The van der Waals surface area contributed by atoms with Gasteiger partial charge in [0.05, 0.1) is 5.54 Å². The average molecular weight is 284 g/mol. The van der Waals surface area contributed by atoms with E-state index in [2.05, 4.69) is 0 Å². The zero-order valence-electron chi connectivity index (χ0n) is 13.3. The van der Waals surface area contributed by atoms with Gasteiger partial charge in [-0.15, -0.1) is 0 Å². The molecule has 0 saturated carbocycles. The Balaban J connectivity index is 2.28. The number of carbonyl (C=O) groups excluding carboxylic acids is 2. The number of methoxy groups -OCH3 is 1. The predicted octanol–water partition coefficient (Wildman–Crippen LogP) is 1.59. The standard InChI is InChI=1S/C14H24N2O4/c1-12(2,3)20-11(18)15-8-13(4,5)16-9(15)14(6,19-7)10(16)17/h9H,8H2,1-7H3. The van der Waals surface area contributed by atoms with Gasteiger partial charge in [-0.1, -0.05) is 0 Å². The molecule has 6 nitrogen and oxygen atoms in total. The first-order valence-corrected chi connectivity index (χ1v) is 6.82. The summed E-state index contributed by atoms with van der Waals surface area (Å²) in [6, 6.07) is 0. The second-order valence-electron chi connectivity index (χ2n) is 7.28. The molecule has 2 amide bonds. The predicted molar refractivity (Wildman–Crippen MR) is 73.1 cm³/mol. The summed E-state index contributed by atoms with van der Waals surface area (Å²) in [7, 11) is 1.49. The number of fused-ring (bicyclic) bond motifs is 1. The molecular weight excluding hydrogens is 260 g/mol. The van der Waals surface area contributed by atoms with Gasteiger partial charge in [0.2, 0.25) is 0 Å². The number of carbonyl (C=O) groups is 2. The van der Waals surface area contributed by atoms with E-state index in [4.69, 9.17) is 9.47 Å². The molecular formula is C14H24N2O4. The molecule has 0 radical (unpaired) electrons. The molecule has 0 bridgehead atoms. The fourth-order valence-corrected chi connectivity index (χ4v) is 2.94. The van der Waals surface area contributed by atoms with Crippen molar-refractivity contribution in [3.05, 3.63) is 0 Å². The highest BCUT2D eigenvalue weighted by molar-refractivity contribution is 5.95. The van der Waals surface area contributed by atoms with Crippen LogP contribution in [0.3, 0.4) is 0 Å². The lowest BCUT2D eigenvalue weighted by atomic mass is 9.87. The van der Waals surface area contributed by atoms with Gasteiger partial charge >= 0.3 is 6.09 Å². The molecule has 0 aliphatic carbocycles. The van der Waals surface area contributed by atoms with Crippen molar-refractivity contribution in [1.29, 1.82) is 0 Å². The number of nitrogens with zero attached hydrogens (tertiary/aromatic N) is 2. The molecule has 0 aromatic carbocycles. The highest BCUT2D eigenvalue weighted by Gasteiger charge is 2.70. The van der Waals surface area contributed by atoms with E-state index >= 15 is 0 Å². The fraction of sp³-hybridized carbons (Fsp3) is 0.857. The van der Waals surface area contributed by atoms with E-state index in [0.29, 0.717) is 6.54 Å². The van der Waals surface area contributed by atoms with Crippen molar-refractivity contribution in [3.63, 3.8) is 0 Å². The smallest absolute Gasteiger partial charge is 0.412 e. The Kier molecular flexibility index (Phi) is 3.09. The third-order valence-corrected chi connectivity index (χ3v) is 3.94. The van der Waals surface area contributed by atoms with Crippen LogP contribution in [0.1, 0.15) is 41.5 Å². The normalized spacial score (nSPS) is 31.9. The molecule has 2 heterocycles. The van der Waals surface area contributed by atoms with Gasteiger partial charge in [0, 0.05) is 13.7 Å². The van der Waals surface area contributed by atoms with Crippen LogP contribution >= 0.6 is 0 Å². The summed E-state index contributed by atoms with van der Waals surface area (Å²) in [5.41, 5.74) is -1.95. The van der Waals surface area contributed by atoms with E-state index in [9.17, 15) is 9.59 Å². The molecule has 0 N–H and O–H groups in total. The number of hydrogen-bond acceptors (Lipinski definition) is 4. The zero-order chi connectivity index (χ0) is 15.5. The molecule has 2 saturated heterocycles. The van der Waals surface area contributed by atoms with E-state index in [1.165, 1.54) is 7.11 Å². The summed E-state index contributed by atoms with van der Waals surface area (Å²) < 4.78 is 10.8. The number of ether oxygens (including phenoxy) is 2. The first-order chi connectivity index (χ1) is 8.94. The van der Waals surface area contributed by atoms with E-state index < -0.39 is 29.0 Å². The molecule has 2 atom stereocenters. The minimum absolute atomic E-state index is 0.0824. The van der Waals surface area contributed by atoms with Crippen LogP contribution in [0.25, 0.3) is 0 Å². The Labute approximate surface area is 120 Å². The maximum Gasteiger partial charge on any atom is 0.412 e. The lowest BCUT2D eigenvalue weighted by Crippen LogP contribution is -2.77. The number of hydrogen-bond donors (Lipinski definition) is 0. The Bertz CT molecular complexity index is 455. The minimum Gasteiger partial charge on any atom is -0.444 e. The van der Waals surface area contributed by atoms with Gasteiger partial charge in [0.25, 0.3) is 5.91 Å². The van der Waals surface area contributed by atoms with Crippen molar-refractivity contribution in [2.75, 3.05) is 13.7 Å². The summed E-state index contributed by atoms with van der Waals surface area (Å²) in [4.78, 5) is 27.9. The summed E-state index contributed by atoms with van der Waals surface area (Å²) in [6.45, 7) is 11.5. The van der Waals surface area contributed by atoms with Crippen molar-refractivity contribution in [1.82, 2.24) is 9.80 Å². The summed E-state index contributed by atoms with van der Waals surface area (Å²) in [6.07, 6.45) is -0.807. The van der Waals surface area contributed by atoms with Crippen molar-refractivity contribution >= 4 is 12.0 Å². The summed E-state index contributed by atoms with van der Waals surface area (Å²) in [5.74, 6) is -0.0824. The molecule has 114 valence electrons. The number of amides is 2. The second-order valence-corrected chi connectivity index (χ2v) is 7.28. The first-order valence-electron chi connectivity index (χ1n) is 6.82. The Morgan fingerprint density at radius 1 is 1.30 bits per heavy atom. The number of rotatable bonds is 1. The summed E-state index contributed by atoms with van der Waals surface area (Å²) in [5, 5.41) is 0. The van der Waals surface area contributed by atoms with Crippen molar-refractivity contribution < 1.29 is 19.1 Å². The average Bonchev–Trinajstić information content (AvgIpc) is 2.55.